The van der Waals surface area contributed by atoms with Crippen molar-refractivity contribution in [1.82, 2.24) is 9.97 Å². The number of H-pyrrole nitrogens is 1. The van der Waals surface area contributed by atoms with Gasteiger partial charge in [-0.05, 0) is 63.3 Å². The third kappa shape index (κ3) is 9.33. The summed E-state index contributed by atoms with van der Waals surface area (Å²) in [6.07, 6.45) is 4.70. The van der Waals surface area contributed by atoms with Gasteiger partial charge in [0.15, 0.2) is 0 Å². The first-order valence-corrected chi connectivity index (χ1v) is 12.6. The molecule has 0 atom stereocenters. The number of aryl methyl sites for hydroxylation is 1. The Labute approximate surface area is 208 Å². The molecule has 35 heavy (non-hydrogen) atoms. The molecule has 1 saturated heterocycles. The van der Waals surface area contributed by atoms with Gasteiger partial charge in [0.25, 0.3) is 0 Å². The number of benzene rings is 1. The number of hydrazone groups is 1. The SMILES string of the molecule is CC.CCCC(C)(C)O.O=c1nc(N2CCOCC2)cc(N/N=C2\CCCc3cc(O)ccc32)[nH]1. The van der Waals surface area contributed by atoms with Crippen LogP contribution in [-0.4, -0.2) is 57.8 Å². The first-order chi connectivity index (χ1) is 16.7. The molecule has 0 spiro atoms. The number of nitrogens with zero attached hydrogens (tertiary/aromatic N) is 3. The highest BCUT2D eigenvalue weighted by molar-refractivity contribution is 6.03. The van der Waals surface area contributed by atoms with Crippen LogP contribution >= 0.6 is 0 Å². The van der Waals surface area contributed by atoms with Crippen LogP contribution in [0, 0.1) is 0 Å². The number of phenolic OH excluding ortho intramolecular Hbond substituents is 1. The number of anilines is 2. The Kier molecular flexibility index (Phi) is 11.2. The number of aromatic amines is 1. The number of aliphatic hydroxyl groups is 1. The number of ether oxygens (including phenoxy) is 1. The number of morpholine rings is 1. The number of hydrogen-bond donors (Lipinski definition) is 4. The molecule has 0 radical (unpaired) electrons. The monoisotopic (exact) mass is 487 g/mol. The number of fused-ring (bicyclic) bond motifs is 1. The summed E-state index contributed by atoms with van der Waals surface area (Å²) in [7, 11) is 0. The van der Waals surface area contributed by atoms with Gasteiger partial charge in [0.2, 0.25) is 0 Å². The Bertz CT molecular complexity index is 1010. The first kappa shape index (κ1) is 28.3. The van der Waals surface area contributed by atoms with Crippen molar-refractivity contribution < 1.29 is 14.9 Å². The summed E-state index contributed by atoms with van der Waals surface area (Å²) >= 11 is 0. The standard InChI is InChI=1S/C18H21N5O3.C6H14O.C2H6/c24-13-4-5-14-12(10-13)2-1-3-15(14)21-22-16-11-17(20-18(25)19-16)23-6-8-26-9-7-23;1-4-5-6(2,3)7;1-2/h4-5,10-11,24H,1-3,6-9H2,(H2,19,20,22,25);7H,4-5H2,1-3H3;1-2H3/b21-15+;;. The Morgan fingerprint density at radius 2 is 1.91 bits per heavy atom. The summed E-state index contributed by atoms with van der Waals surface area (Å²) in [5, 5.41) is 23.2. The van der Waals surface area contributed by atoms with Crippen molar-refractivity contribution in [2.45, 2.75) is 72.3 Å². The van der Waals surface area contributed by atoms with Crippen molar-refractivity contribution in [3.63, 3.8) is 0 Å². The van der Waals surface area contributed by atoms with Crippen molar-refractivity contribution in [2.75, 3.05) is 36.6 Å². The number of aromatic nitrogens is 2. The molecule has 1 fully saturated rings. The van der Waals surface area contributed by atoms with Gasteiger partial charge >= 0.3 is 5.69 Å². The van der Waals surface area contributed by atoms with E-state index in [0.717, 1.165) is 48.9 Å². The molecule has 1 aliphatic heterocycles. The maximum Gasteiger partial charge on any atom is 0.348 e. The number of hydrogen-bond acceptors (Lipinski definition) is 8. The van der Waals surface area contributed by atoms with E-state index in [1.54, 1.807) is 18.2 Å². The van der Waals surface area contributed by atoms with Crippen LogP contribution in [0.4, 0.5) is 11.6 Å². The minimum Gasteiger partial charge on any atom is -0.508 e. The normalized spacial score (nSPS) is 16.4. The highest BCUT2D eigenvalue weighted by Gasteiger charge is 2.17. The molecule has 9 nitrogen and oxygen atoms in total. The molecule has 9 heteroatoms. The summed E-state index contributed by atoms with van der Waals surface area (Å²) in [5.41, 5.74) is 5.14. The Morgan fingerprint density at radius 1 is 1.20 bits per heavy atom. The second-order valence-electron chi connectivity index (χ2n) is 8.99. The lowest BCUT2D eigenvalue weighted by Crippen LogP contribution is -2.37. The molecule has 0 bridgehead atoms. The molecule has 1 aromatic heterocycles. The molecule has 2 aromatic rings. The molecule has 194 valence electrons. The van der Waals surface area contributed by atoms with Crippen molar-refractivity contribution in [2.24, 2.45) is 5.10 Å². The van der Waals surface area contributed by atoms with E-state index in [1.807, 2.05) is 38.7 Å². The van der Waals surface area contributed by atoms with Crippen LogP contribution in [0.15, 0.2) is 34.2 Å². The predicted octanol–water partition coefficient (Wildman–Crippen LogP) is 4.05. The topological polar surface area (TPSA) is 123 Å². The van der Waals surface area contributed by atoms with Gasteiger partial charge in [0.1, 0.15) is 17.4 Å². The van der Waals surface area contributed by atoms with Crippen LogP contribution in [0.25, 0.3) is 0 Å². The van der Waals surface area contributed by atoms with Crippen LogP contribution < -0.4 is 16.0 Å². The van der Waals surface area contributed by atoms with E-state index in [1.165, 1.54) is 0 Å². The highest BCUT2D eigenvalue weighted by atomic mass is 16.5. The quantitative estimate of drug-likeness (QED) is 0.469. The zero-order valence-corrected chi connectivity index (χ0v) is 21.7. The smallest absolute Gasteiger partial charge is 0.348 e. The van der Waals surface area contributed by atoms with Gasteiger partial charge in [-0.25, -0.2) is 4.79 Å². The Morgan fingerprint density at radius 3 is 2.54 bits per heavy atom. The van der Waals surface area contributed by atoms with Crippen molar-refractivity contribution >= 4 is 17.3 Å². The molecule has 0 unspecified atom stereocenters. The fourth-order valence-electron chi connectivity index (χ4n) is 3.96. The van der Waals surface area contributed by atoms with E-state index in [4.69, 9.17) is 9.84 Å². The van der Waals surface area contributed by atoms with Gasteiger partial charge in [-0.3, -0.25) is 10.4 Å². The Hall–Kier alpha value is -2.91. The van der Waals surface area contributed by atoms with Gasteiger partial charge in [-0.15, -0.1) is 0 Å². The molecule has 0 amide bonds. The molecular weight excluding hydrogens is 446 g/mol. The molecule has 4 N–H and O–H groups in total. The molecule has 2 aliphatic rings. The largest absolute Gasteiger partial charge is 0.508 e. The van der Waals surface area contributed by atoms with Crippen LogP contribution in [0.2, 0.25) is 0 Å². The molecule has 2 heterocycles. The van der Waals surface area contributed by atoms with Gasteiger partial charge in [0.05, 0.1) is 24.5 Å². The molecule has 1 aliphatic carbocycles. The van der Waals surface area contributed by atoms with E-state index in [0.29, 0.717) is 37.9 Å². The van der Waals surface area contributed by atoms with E-state index in [2.05, 4.69) is 27.4 Å². The van der Waals surface area contributed by atoms with Gasteiger partial charge in [-0.1, -0.05) is 27.2 Å². The highest BCUT2D eigenvalue weighted by Crippen LogP contribution is 2.25. The molecular formula is C26H41N5O4. The van der Waals surface area contributed by atoms with E-state index in [9.17, 15) is 9.90 Å². The van der Waals surface area contributed by atoms with Crippen LogP contribution in [-0.2, 0) is 11.2 Å². The lowest BCUT2D eigenvalue weighted by molar-refractivity contribution is 0.0703. The molecule has 0 saturated carbocycles. The molecule has 4 rings (SSSR count). The van der Waals surface area contributed by atoms with Crippen LogP contribution in [0.1, 0.15) is 71.4 Å². The summed E-state index contributed by atoms with van der Waals surface area (Å²) in [6, 6.07) is 7.13. The zero-order chi connectivity index (χ0) is 25.8. The third-order valence-corrected chi connectivity index (χ3v) is 5.50. The van der Waals surface area contributed by atoms with Gasteiger partial charge in [-0.2, -0.15) is 10.1 Å². The second-order valence-corrected chi connectivity index (χ2v) is 8.99. The summed E-state index contributed by atoms with van der Waals surface area (Å²) < 4.78 is 5.34. The number of rotatable bonds is 5. The van der Waals surface area contributed by atoms with Crippen LogP contribution in [0.3, 0.4) is 0 Å². The van der Waals surface area contributed by atoms with E-state index in [-0.39, 0.29) is 5.75 Å². The predicted molar refractivity (Wildman–Crippen MR) is 142 cm³/mol. The third-order valence-electron chi connectivity index (χ3n) is 5.50. The minimum atomic E-state index is -0.450. The van der Waals surface area contributed by atoms with Gasteiger partial charge < -0.3 is 19.8 Å². The minimum absolute atomic E-state index is 0.270. The fraction of sp³-hybridized carbons (Fsp3) is 0.577. The fourth-order valence-corrected chi connectivity index (χ4v) is 3.96. The van der Waals surface area contributed by atoms with E-state index < -0.39 is 11.3 Å². The zero-order valence-electron chi connectivity index (χ0n) is 21.7. The maximum atomic E-state index is 11.9. The number of aromatic hydroxyl groups is 1. The average molecular weight is 488 g/mol. The Balaban J connectivity index is 0.000000416. The first-order valence-electron chi connectivity index (χ1n) is 12.6. The summed E-state index contributed by atoms with van der Waals surface area (Å²) in [5.74, 6) is 1.39. The maximum absolute atomic E-state index is 11.9. The number of nitrogens with one attached hydrogen (secondary N) is 2. The van der Waals surface area contributed by atoms with E-state index >= 15 is 0 Å². The number of phenols is 1. The lowest BCUT2D eigenvalue weighted by Gasteiger charge is -2.27. The van der Waals surface area contributed by atoms with Crippen molar-refractivity contribution in [1.29, 1.82) is 0 Å². The second kappa shape index (κ2) is 13.8. The van der Waals surface area contributed by atoms with Crippen molar-refractivity contribution in [3.8, 4) is 5.75 Å². The molecule has 1 aromatic carbocycles. The summed E-state index contributed by atoms with van der Waals surface area (Å²) in [4.78, 5) is 20.6. The van der Waals surface area contributed by atoms with Crippen molar-refractivity contribution in [3.05, 3.63) is 45.9 Å². The van der Waals surface area contributed by atoms with Gasteiger partial charge in [0, 0.05) is 24.7 Å². The lowest BCUT2D eigenvalue weighted by atomic mass is 9.90. The van der Waals surface area contributed by atoms with Crippen LogP contribution in [0.5, 0.6) is 5.75 Å². The average Bonchev–Trinajstić information content (AvgIpc) is 2.83. The summed E-state index contributed by atoms with van der Waals surface area (Å²) in [6.45, 7) is 12.4.